The smallest absolute Gasteiger partial charge is 0.433 e. The van der Waals surface area contributed by atoms with E-state index in [4.69, 9.17) is 4.74 Å². The lowest BCUT2D eigenvalue weighted by molar-refractivity contribution is -0.235. The van der Waals surface area contributed by atoms with Crippen molar-refractivity contribution in [2.24, 2.45) is 0 Å². The molecule has 0 bridgehead atoms. The molecule has 1 aliphatic heterocycles. The number of ether oxygens (including phenoxy) is 1. The van der Waals surface area contributed by atoms with Crippen LogP contribution in [-0.2, 0) is 11.2 Å². The van der Waals surface area contributed by atoms with E-state index in [-0.39, 0.29) is 5.75 Å². The van der Waals surface area contributed by atoms with E-state index in [2.05, 4.69) is 0 Å². The number of alkyl halides is 3. The molecular weight excluding hydrogens is 329 g/mol. The van der Waals surface area contributed by atoms with Gasteiger partial charge < -0.3 is 9.84 Å². The Labute approximate surface area is 133 Å². The van der Waals surface area contributed by atoms with E-state index in [9.17, 15) is 23.1 Å². The van der Waals surface area contributed by atoms with Gasteiger partial charge in [0.1, 0.15) is 5.75 Å². The molecule has 1 aromatic heterocycles. The van der Waals surface area contributed by atoms with Gasteiger partial charge in [-0.2, -0.15) is 24.5 Å². The lowest BCUT2D eigenvalue weighted by atomic mass is 9.83. The second kappa shape index (κ2) is 5.42. The van der Waals surface area contributed by atoms with Crippen LogP contribution in [0.4, 0.5) is 13.2 Å². The van der Waals surface area contributed by atoms with Gasteiger partial charge in [-0.3, -0.25) is 0 Å². The molecule has 120 valence electrons. The number of hydrogen-bond donors (Lipinski definition) is 1. The van der Waals surface area contributed by atoms with Gasteiger partial charge in [0.05, 0.1) is 5.57 Å². The van der Waals surface area contributed by atoms with E-state index < -0.39 is 29.7 Å². The molecule has 0 saturated heterocycles. The summed E-state index contributed by atoms with van der Waals surface area (Å²) in [5.41, 5.74) is -3.03. The molecule has 2 heterocycles. The quantitative estimate of drug-likeness (QED) is 0.913. The van der Waals surface area contributed by atoms with Crippen molar-refractivity contribution in [3.63, 3.8) is 0 Å². The van der Waals surface area contributed by atoms with Crippen molar-refractivity contribution in [2.45, 2.75) is 18.2 Å². The molecule has 3 rings (SSSR count). The Morgan fingerprint density at radius 2 is 2.00 bits per heavy atom. The van der Waals surface area contributed by atoms with Gasteiger partial charge in [-0.15, -0.1) is 0 Å². The number of rotatable bonds is 3. The molecule has 0 radical (unpaired) electrons. The zero-order chi connectivity index (χ0) is 16.7. The molecular formula is C16H11F3O3S. The van der Waals surface area contributed by atoms with Crippen LogP contribution in [0.2, 0.25) is 0 Å². The third kappa shape index (κ3) is 2.61. The minimum atomic E-state index is -4.88. The van der Waals surface area contributed by atoms with Gasteiger partial charge in [0.2, 0.25) is 5.60 Å². The molecule has 1 aliphatic rings. The third-order valence-electron chi connectivity index (χ3n) is 3.66. The van der Waals surface area contributed by atoms with E-state index in [0.29, 0.717) is 11.1 Å². The summed E-state index contributed by atoms with van der Waals surface area (Å²) in [5.74, 6) is -1.63. The Morgan fingerprint density at radius 1 is 1.26 bits per heavy atom. The Hall–Kier alpha value is -2.28. The number of carboxylic acid groups (broad SMARTS) is 1. The van der Waals surface area contributed by atoms with Crippen molar-refractivity contribution in [3.8, 4) is 5.75 Å². The van der Waals surface area contributed by atoms with Gasteiger partial charge in [-0.1, -0.05) is 18.2 Å². The fourth-order valence-corrected chi connectivity index (χ4v) is 3.23. The van der Waals surface area contributed by atoms with Crippen LogP contribution in [0, 0.1) is 0 Å². The highest BCUT2D eigenvalue weighted by atomic mass is 32.1. The van der Waals surface area contributed by atoms with Crippen molar-refractivity contribution < 1.29 is 27.8 Å². The summed E-state index contributed by atoms with van der Waals surface area (Å²) in [7, 11) is 0. The van der Waals surface area contributed by atoms with E-state index >= 15 is 0 Å². The average Bonchev–Trinajstić information content (AvgIpc) is 2.98. The molecule has 0 spiro atoms. The Kier molecular flexibility index (Phi) is 3.68. The van der Waals surface area contributed by atoms with Gasteiger partial charge in [0, 0.05) is 12.0 Å². The molecule has 0 amide bonds. The molecule has 0 fully saturated rings. The molecule has 7 heteroatoms. The van der Waals surface area contributed by atoms with Gasteiger partial charge in [0.15, 0.2) is 0 Å². The molecule has 23 heavy (non-hydrogen) atoms. The van der Waals surface area contributed by atoms with E-state index in [1.54, 1.807) is 22.9 Å². The summed E-state index contributed by atoms with van der Waals surface area (Å²) in [6, 6.07) is 7.60. The van der Waals surface area contributed by atoms with Crippen molar-refractivity contribution in [3.05, 3.63) is 57.8 Å². The predicted molar refractivity (Wildman–Crippen MR) is 79.5 cm³/mol. The number of carbonyl (C=O) groups is 1. The molecule has 3 nitrogen and oxygen atoms in total. The van der Waals surface area contributed by atoms with E-state index in [1.807, 2.05) is 0 Å². The van der Waals surface area contributed by atoms with Crippen LogP contribution in [0.25, 0.3) is 6.08 Å². The highest BCUT2D eigenvalue weighted by Crippen LogP contribution is 2.47. The van der Waals surface area contributed by atoms with Gasteiger partial charge in [-0.25, -0.2) is 4.79 Å². The van der Waals surface area contributed by atoms with Crippen molar-refractivity contribution in [2.75, 3.05) is 0 Å². The number of benzene rings is 1. The summed E-state index contributed by atoms with van der Waals surface area (Å²) >= 11 is 1.24. The van der Waals surface area contributed by atoms with Crippen LogP contribution in [-0.4, -0.2) is 22.9 Å². The minimum absolute atomic E-state index is 0.0186. The minimum Gasteiger partial charge on any atom is -0.478 e. The van der Waals surface area contributed by atoms with E-state index in [0.717, 1.165) is 6.08 Å². The summed E-state index contributed by atoms with van der Waals surface area (Å²) in [5, 5.41) is 12.5. The lowest BCUT2D eigenvalue weighted by Gasteiger charge is -2.39. The van der Waals surface area contributed by atoms with Gasteiger partial charge in [-0.05, 0) is 34.5 Å². The molecule has 1 N–H and O–H groups in total. The second-order valence-electron chi connectivity index (χ2n) is 5.14. The summed E-state index contributed by atoms with van der Waals surface area (Å²) in [4.78, 5) is 11.5. The Balaban J connectivity index is 2.20. The highest BCUT2D eigenvalue weighted by molar-refractivity contribution is 7.07. The van der Waals surface area contributed by atoms with E-state index in [1.165, 1.54) is 29.5 Å². The maximum atomic E-state index is 13.9. The van der Waals surface area contributed by atoms with Crippen molar-refractivity contribution in [1.29, 1.82) is 0 Å². The number of hydrogen-bond acceptors (Lipinski definition) is 3. The summed E-state index contributed by atoms with van der Waals surface area (Å²) in [6.45, 7) is 0. The fourth-order valence-electron chi connectivity index (χ4n) is 2.56. The average molecular weight is 340 g/mol. The number of carboxylic acids is 1. The summed E-state index contributed by atoms with van der Waals surface area (Å²) < 4.78 is 46.9. The first-order valence-electron chi connectivity index (χ1n) is 6.65. The van der Waals surface area contributed by atoms with Crippen molar-refractivity contribution in [1.82, 2.24) is 0 Å². The number of thiophene rings is 1. The second-order valence-corrected chi connectivity index (χ2v) is 5.92. The standard InChI is InChI=1S/C16H11F3O3S/c17-16(18,19)15(8-10-5-6-23-9-10)12(14(20)21)7-11-3-1-2-4-13(11)22-15/h1-7,9H,8H2,(H,20,21). The Morgan fingerprint density at radius 3 is 2.61 bits per heavy atom. The lowest BCUT2D eigenvalue weighted by Crippen LogP contribution is -2.56. The van der Waals surface area contributed by atoms with Crippen LogP contribution >= 0.6 is 11.3 Å². The van der Waals surface area contributed by atoms with Crippen LogP contribution < -0.4 is 4.74 Å². The summed E-state index contributed by atoms with van der Waals surface area (Å²) in [6.07, 6.45) is -4.43. The fraction of sp³-hybridized carbons (Fsp3) is 0.188. The molecule has 1 unspecified atom stereocenters. The Bertz CT molecular complexity index is 765. The largest absolute Gasteiger partial charge is 0.478 e. The number of aliphatic carboxylic acids is 1. The monoisotopic (exact) mass is 340 g/mol. The highest BCUT2D eigenvalue weighted by Gasteiger charge is 2.63. The van der Waals surface area contributed by atoms with Crippen LogP contribution in [0.3, 0.4) is 0 Å². The number of fused-ring (bicyclic) bond motifs is 1. The molecule has 1 atom stereocenters. The molecule has 1 aromatic carbocycles. The first-order valence-corrected chi connectivity index (χ1v) is 7.59. The topological polar surface area (TPSA) is 46.5 Å². The number of halogens is 3. The zero-order valence-electron chi connectivity index (χ0n) is 11.6. The van der Waals surface area contributed by atoms with Crippen LogP contribution in [0.5, 0.6) is 5.75 Å². The predicted octanol–water partition coefficient (Wildman–Crippen LogP) is 4.15. The molecule has 0 aliphatic carbocycles. The first kappa shape index (κ1) is 15.6. The maximum Gasteiger partial charge on any atom is 0.433 e. The molecule has 2 aromatic rings. The first-order chi connectivity index (χ1) is 10.8. The number of para-hydroxylation sites is 1. The van der Waals surface area contributed by atoms with Crippen LogP contribution in [0.15, 0.2) is 46.7 Å². The van der Waals surface area contributed by atoms with Gasteiger partial charge in [0.25, 0.3) is 0 Å². The van der Waals surface area contributed by atoms with Crippen LogP contribution in [0.1, 0.15) is 11.1 Å². The SMILES string of the molecule is O=C(O)C1=Cc2ccccc2OC1(Cc1ccsc1)C(F)(F)F. The van der Waals surface area contributed by atoms with Gasteiger partial charge >= 0.3 is 12.1 Å². The zero-order valence-corrected chi connectivity index (χ0v) is 12.4. The van der Waals surface area contributed by atoms with Crippen molar-refractivity contribution >= 4 is 23.4 Å². The third-order valence-corrected chi connectivity index (χ3v) is 4.39. The normalized spacial score (nSPS) is 20.4. The molecule has 0 saturated carbocycles. The maximum absolute atomic E-state index is 13.9.